The highest BCUT2D eigenvalue weighted by Gasteiger charge is 2.17. The molecule has 0 radical (unpaired) electrons. The summed E-state index contributed by atoms with van der Waals surface area (Å²) in [5, 5.41) is 6.45. The topological polar surface area (TPSA) is 54.9 Å². The second-order valence-corrected chi connectivity index (χ2v) is 6.23. The van der Waals surface area contributed by atoms with Crippen LogP contribution >= 0.6 is 11.8 Å². The van der Waals surface area contributed by atoms with E-state index in [1.807, 2.05) is 24.5 Å². The van der Waals surface area contributed by atoms with Gasteiger partial charge in [-0.2, -0.15) is 0 Å². The summed E-state index contributed by atoms with van der Waals surface area (Å²) in [5.74, 6) is 1.91. The molecule has 0 spiro atoms. The number of guanidine groups is 1. The van der Waals surface area contributed by atoms with E-state index in [4.69, 9.17) is 9.47 Å². The van der Waals surface area contributed by atoms with Gasteiger partial charge in [-0.15, -0.1) is 11.8 Å². The van der Waals surface area contributed by atoms with Gasteiger partial charge in [0.2, 0.25) is 6.79 Å². The Labute approximate surface area is 150 Å². The van der Waals surface area contributed by atoms with Gasteiger partial charge in [0.1, 0.15) is 5.82 Å². The maximum absolute atomic E-state index is 13.5. The summed E-state index contributed by atoms with van der Waals surface area (Å²) < 4.78 is 24.4. The van der Waals surface area contributed by atoms with E-state index in [-0.39, 0.29) is 12.6 Å². The minimum Gasteiger partial charge on any atom is -0.454 e. The van der Waals surface area contributed by atoms with Crippen molar-refractivity contribution < 1.29 is 13.9 Å². The van der Waals surface area contributed by atoms with Crippen LogP contribution in [-0.4, -0.2) is 26.1 Å². The molecule has 5 nitrogen and oxygen atoms in total. The minimum atomic E-state index is -0.241. The normalized spacial score (nSPS) is 13.0. The number of benzene rings is 2. The molecular formula is C18H20FN3O2S. The van der Waals surface area contributed by atoms with Crippen LogP contribution in [-0.2, 0) is 13.1 Å². The number of ether oxygens (including phenoxy) is 2. The monoisotopic (exact) mass is 361 g/mol. The van der Waals surface area contributed by atoms with Crippen molar-refractivity contribution in [3.63, 3.8) is 0 Å². The highest BCUT2D eigenvalue weighted by molar-refractivity contribution is 7.98. The molecule has 25 heavy (non-hydrogen) atoms. The van der Waals surface area contributed by atoms with Gasteiger partial charge in [0.15, 0.2) is 17.5 Å². The molecule has 0 aliphatic carbocycles. The van der Waals surface area contributed by atoms with E-state index in [0.717, 1.165) is 27.5 Å². The fourth-order valence-corrected chi connectivity index (χ4v) is 3.19. The number of nitrogens with zero attached hydrogens (tertiary/aromatic N) is 1. The van der Waals surface area contributed by atoms with Gasteiger partial charge in [-0.3, -0.25) is 4.99 Å². The Balaban J connectivity index is 1.61. The third kappa shape index (κ3) is 4.17. The third-order valence-electron chi connectivity index (χ3n) is 3.84. The predicted molar refractivity (Wildman–Crippen MR) is 97.8 cm³/mol. The van der Waals surface area contributed by atoms with Crippen LogP contribution in [0.15, 0.2) is 46.3 Å². The van der Waals surface area contributed by atoms with Crippen molar-refractivity contribution in [3.8, 4) is 11.5 Å². The summed E-state index contributed by atoms with van der Waals surface area (Å²) in [6.07, 6.45) is 1.97. The van der Waals surface area contributed by atoms with Crippen LogP contribution in [0.3, 0.4) is 0 Å². The maximum Gasteiger partial charge on any atom is 0.231 e. The highest BCUT2D eigenvalue weighted by Crippen LogP contribution is 2.35. The molecule has 0 fully saturated rings. The van der Waals surface area contributed by atoms with Crippen molar-refractivity contribution >= 4 is 17.7 Å². The highest BCUT2D eigenvalue weighted by atomic mass is 32.2. The molecule has 0 amide bonds. The smallest absolute Gasteiger partial charge is 0.231 e. The number of aliphatic imine (C=N–C) groups is 1. The first kappa shape index (κ1) is 17.4. The molecule has 1 aliphatic heterocycles. The number of hydrogen-bond acceptors (Lipinski definition) is 4. The molecular weight excluding hydrogens is 341 g/mol. The van der Waals surface area contributed by atoms with Crippen molar-refractivity contribution in [2.24, 2.45) is 4.99 Å². The van der Waals surface area contributed by atoms with Crippen molar-refractivity contribution in [1.82, 2.24) is 10.6 Å². The molecule has 2 aromatic rings. The van der Waals surface area contributed by atoms with E-state index < -0.39 is 0 Å². The summed E-state index contributed by atoms with van der Waals surface area (Å²) in [4.78, 5) is 5.25. The molecule has 0 atom stereocenters. The Bertz CT molecular complexity index is 775. The second kappa shape index (κ2) is 8.11. The third-order valence-corrected chi connectivity index (χ3v) is 4.67. The van der Waals surface area contributed by atoms with Crippen LogP contribution in [0.4, 0.5) is 4.39 Å². The maximum atomic E-state index is 13.5. The van der Waals surface area contributed by atoms with Gasteiger partial charge >= 0.3 is 0 Å². The van der Waals surface area contributed by atoms with Crippen LogP contribution in [0.2, 0.25) is 0 Å². The Hall–Kier alpha value is -2.41. The lowest BCUT2D eigenvalue weighted by Gasteiger charge is -2.14. The van der Waals surface area contributed by atoms with Gasteiger partial charge < -0.3 is 20.1 Å². The fraction of sp³-hybridized carbons (Fsp3) is 0.278. The van der Waals surface area contributed by atoms with E-state index in [9.17, 15) is 4.39 Å². The van der Waals surface area contributed by atoms with Crippen molar-refractivity contribution in [2.45, 2.75) is 18.0 Å². The van der Waals surface area contributed by atoms with Gasteiger partial charge in [0.25, 0.3) is 0 Å². The molecule has 2 N–H and O–H groups in total. The summed E-state index contributed by atoms with van der Waals surface area (Å²) in [7, 11) is 1.70. The summed E-state index contributed by atoms with van der Waals surface area (Å²) in [6, 6.07) is 10.6. The molecule has 132 valence electrons. The number of nitrogens with one attached hydrogen (secondary N) is 2. The molecule has 2 aromatic carbocycles. The Morgan fingerprint density at radius 3 is 2.72 bits per heavy atom. The van der Waals surface area contributed by atoms with E-state index in [0.29, 0.717) is 19.0 Å². The molecule has 1 heterocycles. The SMILES string of the molecule is CN=C(NCc1cc(F)ccc1SC)NCc1cccc2c1OCO2. The summed E-state index contributed by atoms with van der Waals surface area (Å²) in [6.45, 7) is 1.28. The minimum absolute atomic E-state index is 0.241. The molecule has 1 aliphatic rings. The number of hydrogen-bond donors (Lipinski definition) is 2. The fourth-order valence-electron chi connectivity index (χ4n) is 2.59. The first-order chi connectivity index (χ1) is 12.2. The number of rotatable bonds is 5. The first-order valence-corrected chi connectivity index (χ1v) is 9.08. The van der Waals surface area contributed by atoms with Crippen LogP contribution in [0.5, 0.6) is 11.5 Å². The Morgan fingerprint density at radius 2 is 1.96 bits per heavy atom. The lowest BCUT2D eigenvalue weighted by molar-refractivity contribution is 0.173. The molecule has 0 aromatic heterocycles. The number of para-hydroxylation sites is 1. The molecule has 0 saturated carbocycles. The number of fused-ring (bicyclic) bond motifs is 1. The van der Waals surface area contributed by atoms with Gasteiger partial charge in [0.05, 0.1) is 0 Å². The standard InChI is InChI=1S/C18H20FN3O2S/c1-20-18(22-10-13-8-14(19)6-7-16(13)25-2)21-9-12-4-3-5-15-17(12)24-11-23-15/h3-8H,9-11H2,1-2H3,(H2,20,21,22). The van der Waals surface area contributed by atoms with Gasteiger partial charge in [-0.05, 0) is 36.1 Å². The van der Waals surface area contributed by atoms with E-state index in [1.165, 1.54) is 6.07 Å². The lowest BCUT2D eigenvalue weighted by Crippen LogP contribution is -2.36. The summed E-state index contributed by atoms with van der Waals surface area (Å²) in [5.41, 5.74) is 1.89. The average molecular weight is 361 g/mol. The first-order valence-electron chi connectivity index (χ1n) is 7.85. The van der Waals surface area contributed by atoms with E-state index >= 15 is 0 Å². The molecule has 0 bridgehead atoms. The van der Waals surface area contributed by atoms with Crippen LogP contribution in [0.25, 0.3) is 0 Å². The number of thioether (sulfide) groups is 1. The van der Waals surface area contributed by atoms with Gasteiger partial charge in [0, 0.05) is 30.6 Å². The average Bonchev–Trinajstić information content (AvgIpc) is 3.11. The molecule has 0 saturated heterocycles. The molecule has 3 rings (SSSR count). The van der Waals surface area contributed by atoms with Crippen molar-refractivity contribution in [1.29, 1.82) is 0 Å². The summed E-state index contributed by atoms with van der Waals surface area (Å²) >= 11 is 1.59. The lowest BCUT2D eigenvalue weighted by atomic mass is 10.2. The Morgan fingerprint density at radius 1 is 1.16 bits per heavy atom. The van der Waals surface area contributed by atoms with Crippen LogP contribution in [0, 0.1) is 5.82 Å². The second-order valence-electron chi connectivity index (χ2n) is 5.39. The van der Waals surface area contributed by atoms with Crippen LogP contribution in [0.1, 0.15) is 11.1 Å². The van der Waals surface area contributed by atoms with E-state index in [2.05, 4.69) is 15.6 Å². The largest absolute Gasteiger partial charge is 0.454 e. The van der Waals surface area contributed by atoms with Gasteiger partial charge in [-0.1, -0.05) is 12.1 Å². The van der Waals surface area contributed by atoms with E-state index in [1.54, 1.807) is 30.9 Å². The zero-order valence-electron chi connectivity index (χ0n) is 14.1. The Kier molecular flexibility index (Phi) is 5.65. The zero-order chi connectivity index (χ0) is 17.6. The quantitative estimate of drug-likeness (QED) is 0.487. The molecule has 7 heteroatoms. The van der Waals surface area contributed by atoms with Crippen LogP contribution < -0.4 is 20.1 Å². The predicted octanol–water partition coefficient (Wildman–Crippen LogP) is 3.14. The van der Waals surface area contributed by atoms with Gasteiger partial charge in [-0.25, -0.2) is 4.39 Å². The zero-order valence-corrected chi connectivity index (χ0v) is 15.0. The molecule has 0 unspecified atom stereocenters. The van der Waals surface area contributed by atoms with Crippen molar-refractivity contribution in [2.75, 3.05) is 20.1 Å². The van der Waals surface area contributed by atoms with Crippen molar-refractivity contribution in [3.05, 3.63) is 53.3 Å². The number of halogens is 1.